The van der Waals surface area contributed by atoms with Crippen molar-refractivity contribution in [2.75, 3.05) is 0 Å². The van der Waals surface area contributed by atoms with Gasteiger partial charge in [-0.25, -0.2) is 4.98 Å². The second-order valence-electron chi connectivity index (χ2n) is 3.22. The van der Waals surface area contributed by atoms with E-state index < -0.39 is 0 Å². The summed E-state index contributed by atoms with van der Waals surface area (Å²) in [5.41, 5.74) is 1.52. The predicted molar refractivity (Wildman–Crippen MR) is 58.2 cm³/mol. The molecular formula is C11H9ClN2O. The second kappa shape index (κ2) is 4.28. The van der Waals surface area contributed by atoms with E-state index in [-0.39, 0.29) is 0 Å². The van der Waals surface area contributed by atoms with Crippen LogP contribution in [-0.2, 0) is 6.54 Å². The molecule has 4 heteroatoms. The van der Waals surface area contributed by atoms with Crippen LogP contribution < -0.4 is 0 Å². The molecule has 0 N–H and O–H groups in total. The topological polar surface area (TPSA) is 34.9 Å². The highest BCUT2D eigenvalue weighted by Gasteiger charge is 1.98. The van der Waals surface area contributed by atoms with Crippen LogP contribution >= 0.6 is 11.6 Å². The first-order valence-electron chi connectivity index (χ1n) is 4.49. The van der Waals surface area contributed by atoms with Gasteiger partial charge in [0.15, 0.2) is 6.29 Å². The van der Waals surface area contributed by atoms with Crippen LogP contribution in [0.3, 0.4) is 0 Å². The molecule has 2 rings (SSSR count). The SMILES string of the molecule is O=Cc1cn(Cc2cccc(Cl)c2)cn1. The summed E-state index contributed by atoms with van der Waals surface area (Å²) in [6, 6.07) is 7.60. The predicted octanol–water partition coefficient (Wildman–Crippen LogP) is 2.40. The van der Waals surface area contributed by atoms with E-state index in [0.717, 1.165) is 11.8 Å². The number of aldehydes is 1. The highest BCUT2D eigenvalue weighted by atomic mass is 35.5. The van der Waals surface area contributed by atoms with Gasteiger partial charge in [-0.3, -0.25) is 4.79 Å². The molecule has 76 valence electrons. The van der Waals surface area contributed by atoms with Crippen molar-refractivity contribution in [1.82, 2.24) is 9.55 Å². The molecule has 1 heterocycles. The number of hydrogen-bond acceptors (Lipinski definition) is 2. The molecule has 0 aliphatic rings. The third-order valence-electron chi connectivity index (χ3n) is 2.03. The van der Waals surface area contributed by atoms with Crippen LogP contribution in [-0.4, -0.2) is 15.8 Å². The van der Waals surface area contributed by atoms with E-state index in [4.69, 9.17) is 11.6 Å². The van der Waals surface area contributed by atoms with Crippen molar-refractivity contribution in [2.24, 2.45) is 0 Å². The summed E-state index contributed by atoms with van der Waals surface area (Å²) in [5, 5.41) is 0.711. The van der Waals surface area contributed by atoms with Crippen LogP contribution in [0.2, 0.25) is 5.02 Å². The normalized spacial score (nSPS) is 10.2. The van der Waals surface area contributed by atoms with Crippen molar-refractivity contribution in [2.45, 2.75) is 6.54 Å². The van der Waals surface area contributed by atoms with Crippen molar-refractivity contribution in [3.8, 4) is 0 Å². The van der Waals surface area contributed by atoms with Gasteiger partial charge in [0.2, 0.25) is 0 Å². The summed E-state index contributed by atoms with van der Waals surface area (Å²) < 4.78 is 1.84. The standard InChI is InChI=1S/C11H9ClN2O/c12-10-3-1-2-9(4-10)5-14-6-11(7-15)13-8-14/h1-4,6-8H,5H2. The van der Waals surface area contributed by atoms with Gasteiger partial charge in [0.05, 0.1) is 6.33 Å². The van der Waals surface area contributed by atoms with Gasteiger partial charge in [-0.15, -0.1) is 0 Å². The smallest absolute Gasteiger partial charge is 0.169 e. The molecule has 0 radical (unpaired) electrons. The molecule has 0 amide bonds. The summed E-state index contributed by atoms with van der Waals surface area (Å²) in [5.74, 6) is 0. The van der Waals surface area contributed by atoms with Crippen LogP contribution in [0.1, 0.15) is 16.1 Å². The minimum atomic E-state index is 0.442. The minimum absolute atomic E-state index is 0.442. The van der Waals surface area contributed by atoms with Crippen molar-refractivity contribution in [1.29, 1.82) is 0 Å². The minimum Gasteiger partial charge on any atom is -0.332 e. The summed E-state index contributed by atoms with van der Waals surface area (Å²) in [6.45, 7) is 0.668. The van der Waals surface area contributed by atoms with Crippen molar-refractivity contribution >= 4 is 17.9 Å². The molecule has 0 saturated carbocycles. The monoisotopic (exact) mass is 220 g/mol. The van der Waals surface area contributed by atoms with E-state index in [1.165, 1.54) is 0 Å². The lowest BCUT2D eigenvalue weighted by molar-refractivity contribution is 0.111. The molecule has 0 unspecified atom stereocenters. The van der Waals surface area contributed by atoms with E-state index in [9.17, 15) is 4.79 Å². The number of hydrogen-bond donors (Lipinski definition) is 0. The van der Waals surface area contributed by atoms with Gasteiger partial charge in [0.25, 0.3) is 0 Å². The molecule has 0 aliphatic heterocycles. The summed E-state index contributed by atoms with van der Waals surface area (Å²) in [7, 11) is 0. The average molecular weight is 221 g/mol. The Morgan fingerprint density at radius 1 is 1.47 bits per heavy atom. The third-order valence-corrected chi connectivity index (χ3v) is 2.26. The average Bonchev–Trinajstić information content (AvgIpc) is 2.65. The molecule has 0 spiro atoms. The lowest BCUT2D eigenvalue weighted by Crippen LogP contribution is -1.95. The zero-order valence-electron chi connectivity index (χ0n) is 7.93. The maximum absolute atomic E-state index is 10.4. The Morgan fingerprint density at radius 3 is 3.00 bits per heavy atom. The van der Waals surface area contributed by atoms with E-state index in [1.54, 1.807) is 12.5 Å². The van der Waals surface area contributed by atoms with E-state index in [2.05, 4.69) is 4.98 Å². The molecule has 1 aromatic carbocycles. The Labute approximate surface area is 92.3 Å². The number of nitrogens with zero attached hydrogens (tertiary/aromatic N) is 2. The summed E-state index contributed by atoms with van der Waals surface area (Å²) in [6.07, 6.45) is 4.06. The number of halogens is 1. The van der Waals surface area contributed by atoms with E-state index in [0.29, 0.717) is 17.3 Å². The first-order valence-corrected chi connectivity index (χ1v) is 4.87. The highest BCUT2D eigenvalue weighted by molar-refractivity contribution is 6.30. The molecule has 0 fully saturated rings. The maximum Gasteiger partial charge on any atom is 0.169 e. The number of carbonyl (C=O) groups excluding carboxylic acids is 1. The molecule has 0 saturated heterocycles. The van der Waals surface area contributed by atoms with Gasteiger partial charge in [0, 0.05) is 17.8 Å². The Kier molecular flexibility index (Phi) is 2.83. The van der Waals surface area contributed by atoms with Crippen molar-refractivity contribution < 1.29 is 4.79 Å². The summed E-state index contributed by atoms with van der Waals surface area (Å²) >= 11 is 5.86. The Bertz CT molecular complexity index is 479. The van der Waals surface area contributed by atoms with Crippen molar-refractivity contribution in [3.05, 3.63) is 53.1 Å². The van der Waals surface area contributed by atoms with Gasteiger partial charge < -0.3 is 4.57 Å². The zero-order valence-corrected chi connectivity index (χ0v) is 8.69. The fraction of sp³-hybridized carbons (Fsp3) is 0.0909. The van der Waals surface area contributed by atoms with Gasteiger partial charge in [0.1, 0.15) is 5.69 Å². The van der Waals surface area contributed by atoms with Gasteiger partial charge in [-0.1, -0.05) is 23.7 Å². The second-order valence-corrected chi connectivity index (χ2v) is 3.66. The fourth-order valence-corrected chi connectivity index (χ4v) is 1.58. The first kappa shape index (κ1) is 9.93. The van der Waals surface area contributed by atoms with Gasteiger partial charge >= 0.3 is 0 Å². The maximum atomic E-state index is 10.4. The number of imidazole rings is 1. The van der Waals surface area contributed by atoms with Gasteiger partial charge in [-0.05, 0) is 17.7 Å². The van der Waals surface area contributed by atoms with E-state index in [1.807, 2.05) is 28.8 Å². The van der Waals surface area contributed by atoms with Crippen molar-refractivity contribution in [3.63, 3.8) is 0 Å². The number of benzene rings is 1. The molecule has 0 bridgehead atoms. The summed E-state index contributed by atoms with van der Waals surface area (Å²) in [4.78, 5) is 14.3. The quantitative estimate of drug-likeness (QED) is 0.745. The lowest BCUT2D eigenvalue weighted by Gasteiger charge is -2.02. The van der Waals surface area contributed by atoms with Crippen LogP contribution in [0.4, 0.5) is 0 Å². The fourth-order valence-electron chi connectivity index (χ4n) is 1.37. The molecule has 0 atom stereocenters. The highest BCUT2D eigenvalue weighted by Crippen LogP contribution is 2.11. The largest absolute Gasteiger partial charge is 0.332 e. The Hall–Kier alpha value is -1.61. The molecular weight excluding hydrogens is 212 g/mol. The molecule has 3 nitrogen and oxygen atoms in total. The number of rotatable bonds is 3. The van der Waals surface area contributed by atoms with Gasteiger partial charge in [-0.2, -0.15) is 0 Å². The molecule has 1 aromatic heterocycles. The number of carbonyl (C=O) groups is 1. The van der Waals surface area contributed by atoms with Crippen LogP contribution in [0.15, 0.2) is 36.8 Å². The molecule has 15 heavy (non-hydrogen) atoms. The lowest BCUT2D eigenvalue weighted by atomic mass is 10.2. The zero-order chi connectivity index (χ0) is 10.7. The van der Waals surface area contributed by atoms with Crippen LogP contribution in [0.5, 0.6) is 0 Å². The van der Waals surface area contributed by atoms with E-state index >= 15 is 0 Å². The third kappa shape index (κ3) is 2.44. The van der Waals surface area contributed by atoms with Crippen LogP contribution in [0.25, 0.3) is 0 Å². The Balaban J connectivity index is 2.18. The first-order chi connectivity index (χ1) is 7.28. The van der Waals surface area contributed by atoms with Crippen LogP contribution in [0, 0.1) is 0 Å². The Morgan fingerprint density at radius 2 is 2.33 bits per heavy atom. The molecule has 2 aromatic rings. The number of aromatic nitrogens is 2. The molecule has 0 aliphatic carbocycles.